The number of fused-ring (bicyclic) bond motifs is 1. The SMILES string of the molecule is COC1C(OCC(=O)Nc2nccs2)C(COP(=O)(O)OP(=O)(O)OP(=O)(O)O)OC1n1cnc2c(=S)nc(N)[nH]c21. The number of ether oxygens (including phenoxy) is 3. The van der Waals surface area contributed by atoms with Crippen LogP contribution < -0.4 is 11.1 Å². The van der Waals surface area contributed by atoms with E-state index in [0.29, 0.717) is 5.13 Å². The van der Waals surface area contributed by atoms with Crippen molar-refractivity contribution in [3.8, 4) is 0 Å². The first-order valence-electron chi connectivity index (χ1n) is 11.1. The maximum atomic E-state index is 12.4. The fraction of sp³-hybridized carbons (Fsp3) is 0.438. The molecule has 3 aromatic heterocycles. The van der Waals surface area contributed by atoms with Crippen LogP contribution in [0.15, 0.2) is 17.9 Å². The van der Waals surface area contributed by atoms with Gasteiger partial charge in [0.25, 0.3) is 5.91 Å². The van der Waals surface area contributed by atoms with Crippen LogP contribution >= 0.6 is 47.0 Å². The number of rotatable bonds is 13. The molecule has 8 N–H and O–H groups in total. The maximum absolute atomic E-state index is 12.4. The number of amides is 1. The van der Waals surface area contributed by atoms with Gasteiger partial charge in [0.1, 0.15) is 36.1 Å². The van der Waals surface area contributed by atoms with Crippen molar-refractivity contribution in [3.63, 3.8) is 0 Å². The van der Waals surface area contributed by atoms with E-state index in [1.165, 1.54) is 24.2 Å². The number of nitrogens with two attached hydrogens (primary N) is 1. The smallest absolute Gasteiger partial charge is 0.374 e. The van der Waals surface area contributed by atoms with Crippen LogP contribution in [0.25, 0.3) is 11.2 Å². The Morgan fingerprint density at radius 1 is 1.21 bits per heavy atom. The number of hydrogen-bond acceptors (Lipinski definition) is 16. The normalized spacial score (nSPS) is 23.9. The lowest BCUT2D eigenvalue weighted by molar-refractivity contribution is -0.127. The molecule has 4 heterocycles. The number of carbonyl (C=O) groups excluding carboxylic acids is 1. The van der Waals surface area contributed by atoms with Crippen molar-refractivity contribution in [1.82, 2.24) is 24.5 Å². The summed E-state index contributed by atoms with van der Waals surface area (Å²) >= 11 is 6.34. The number of methoxy groups -OCH3 is 1. The van der Waals surface area contributed by atoms with Crippen LogP contribution in [0.2, 0.25) is 0 Å². The van der Waals surface area contributed by atoms with Gasteiger partial charge in [-0.25, -0.2) is 28.6 Å². The molecule has 21 nitrogen and oxygen atoms in total. The Morgan fingerprint density at radius 2 is 1.95 bits per heavy atom. The average molecular weight is 693 g/mol. The molecule has 0 aromatic carbocycles. The lowest BCUT2D eigenvalue weighted by Crippen LogP contribution is -2.39. The second-order valence-electron chi connectivity index (χ2n) is 8.09. The summed E-state index contributed by atoms with van der Waals surface area (Å²) in [6.07, 6.45) is -1.94. The molecule has 1 amide bonds. The maximum Gasteiger partial charge on any atom is 0.490 e. The van der Waals surface area contributed by atoms with E-state index in [1.54, 1.807) is 5.38 Å². The number of carbonyl (C=O) groups is 1. The van der Waals surface area contributed by atoms with Crippen molar-refractivity contribution in [3.05, 3.63) is 22.5 Å². The van der Waals surface area contributed by atoms with E-state index in [-0.39, 0.29) is 21.8 Å². The zero-order valence-electron chi connectivity index (χ0n) is 20.9. The van der Waals surface area contributed by atoms with Gasteiger partial charge in [0, 0.05) is 18.7 Å². The molecule has 26 heteroatoms. The molecule has 1 aliphatic heterocycles. The number of nitrogen functional groups attached to an aromatic ring is 1. The fourth-order valence-corrected chi connectivity index (χ4v) is 7.57. The first-order valence-corrected chi connectivity index (χ1v) is 16.9. The molecule has 6 unspecified atom stereocenters. The van der Waals surface area contributed by atoms with Gasteiger partial charge < -0.3 is 44.5 Å². The summed E-state index contributed by atoms with van der Waals surface area (Å²) in [5, 5.41) is 4.43. The number of phosphoric ester groups is 1. The molecule has 6 atom stereocenters. The molecule has 1 saturated heterocycles. The third-order valence-corrected chi connectivity index (χ3v) is 9.98. The topological polar surface area (TPSA) is 302 Å². The zero-order chi connectivity index (χ0) is 30.9. The summed E-state index contributed by atoms with van der Waals surface area (Å²) < 4.78 is 65.9. The minimum Gasteiger partial charge on any atom is -0.374 e. The Hall–Kier alpha value is -2.04. The predicted molar refractivity (Wildman–Crippen MR) is 142 cm³/mol. The molecule has 1 aliphatic rings. The van der Waals surface area contributed by atoms with E-state index < -0.39 is 67.1 Å². The van der Waals surface area contributed by atoms with Gasteiger partial charge in [0.05, 0.1) is 12.9 Å². The van der Waals surface area contributed by atoms with Crippen LogP contribution in [0.1, 0.15) is 6.23 Å². The average Bonchev–Trinajstić information content (AvgIpc) is 3.57. The first-order chi connectivity index (χ1) is 19.6. The molecule has 42 heavy (non-hydrogen) atoms. The van der Waals surface area contributed by atoms with Gasteiger partial charge in [0.2, 0.25) is 0 Å². The van der Waals surface area contributed by atoms with Gasteiger partial charge >= 0.3 is 23.5 Å². The molecule has 0 saturated carbocycles. The number of aromatic amines is 1. The quantitative estimate of drug-likeness (QED) is 0.0962. The number of H-pyrrole nitrogens is 1. The van der Waals surface area contributed by atoms with Gasteiger partial charge in [-0.2, -0.15) is 8.62 Å². The van der Waals surface area contributed by atoms with E-state index in [1.807, 2.05) is 0 Å². The van der Waals surface area contributed by atoms with Crippen molar-refractivity contribution >= 4 is 75.2 Å². The number of hydrogen-bond donors (Lipinski definition) is 7. The number of anilines is 2. The molecular weight excluding hydrogens is 671 g/mol. The molecule has 3 aromatic rings. The fourth-order valence-electron chi connectivity index (χ4n) is 3.75. The van der Waals surface area contributed by atoms with Gasteiger partial charge in [-0.05, 0) is 0 Å². The van der Waals surface area contributed by atoms with Gasteiger partial charge in [-0.15, -0.1) is 11.3 Å². The summed E-state index contributed by atoms with van der Waals surface area (Å²) in [6, 6.07) is 0. The van der Waals surface area contributed by atoms with Crippen LogP contribution in [-0.2, 0) is 45.8 Å². The number of nitrogens with zero attached hydrogens (tertiary/aromatic N) is 4. The van der Waals surface area contributed by atoms with E-state index in [4.69, 9.17) is 46.5 Å². The predicted octanol–water partition coefficient (Wildman–Crippen LogP) is 0.807. The van der Waals surface area contributed by atoms with E-state index >= 15 is 0 Å². The largest absolute Gasteiger partial charge is 0.490 e. The number of nitrogens with one attached hydrogen (secondary N) is 2. The molecule has 0 bridgehead atoms. The highest BCUT2D eigenvalue weighted by Gasteiger charge is 2.49. The lowest BCUT2D eigenvalue weighted by Gasteiger charge is -2.24. The van der Waals surface area contributed by atoms with Crippen LogP contribution in [0.3, 0.4) is 0 Å². The number of aromatic nitrogens is 5. The Bertz CT molecular complexity index is 1630. The first kappa shape index (κ1) is 32.9. The van der Waals surface area contributed by atoms with Crippen LogP contribution in [0, 0.1) is 4.64 Å². The minimum absolute atomic E-state index is 0.0444. The molecule has 1 fully saturated rings. The van der Waals surface area contributed by atoms with Crippen molar-refractivity contribution in [2.45, 2.75) is 24.5 Å². The zero-order valence-corrected chi connectivity index (χ0v) is 25.2. The Morgan fingerprint density at radius 3 is 2.60 bits per heavy atom. The second kappa shape index (κ2) is 12.9. The van der Waals surface area contributed by atoms with Crippen molar-refractivity contribution in [1.29, 1.82) is 0 Å². The lowest BCUT2D eigenvalue weighted by atomic mass is 10.1. The van der Waals surface area contributed by atoms with Crippen LogP contribution in [-0.4, -0.2) is 88.6 Å². The third-order valence-electron chi connectivity index (χ3n) is 5.20. The summed E-state index contributed by atoms with van der Waals surface area (Å²) in [6.45, 7) is -1.47. The van der Waals surface area contributed by atoms with Gasteiger partial charge in [-0.1, -0.05) is 12.2 Å². The third kappa shape index (κ3) is 8.32. The number of imidazole rings is 1. The van der Waals surface area contributed by atoms with Crippen LogP contribution in [0.5, 0.6) is 0 Å². The van der Waals surface area contributed by atoms with Crippen molar-refractivity contribution in [2.75, 3.05) is 31.4 Å². The molecule has 0 spiro atoms. The number of thiazole rings is 1. The Kier molecular flexibility index (Phi) is 10.1. The van der Waals surface area contributed by atoms with Gasteiger partial charge in [-0.3, -0.25) is 19.2 Å². The monoisotopic (exact) mass is 693 g/mol. The van der Waals surface area contributed by atoms with Crippen molar-refractivity contribution in [2.24, 2.45) is 0 Å². The second-order valence-corrected chi connectivity index (χ2v) is 13.8. The summed E-state index contributed by atoms with van der Waals surface area (Å²) in [4.78, 5) is 64.0. The van der Waals surface area contributed by atoms with E-state index in [2.05, 4.69) is 33.9 Å². The molecular formula is C16H22N7O14P3S2. The number of phosphoric acid groups is 3. The highest BCUT2D eigenvalue weighted by Crippen LogP contribution is 2.66. The highest BCUT2D eigenvalue weighted by atomic mass is 32.1. The summed E-state index contributed by atoms with van der Waals surface area (Å²) in [5.41, 5.74) is 6.28. The summed E-state index contributed by atoms with van der Waals surface area (Å²) in [7, 11) is -15.6. The Labute approximate surface area is 243 Å². The highest BCUT2D eigenvalue weighted by molar-refractivity contribution is 7.71. The van der Waals surface area contributed by atoms with E-state index in [0.717, 1.165) is 11.3 Å². The van der Waals surface area contributed by atoms with Crippen molar-refractivity contribution < 1.29 is 65.4 Å². The minimum atomic E-state index is -5.77. The van der Waals surface area contributed by atoms with Crippen LogP contribution in [0.4, 0.5) is 11.1 Å². The standard InChI is InChI=1S/C16H22N7O14P3S2/c1-32-11-10(33-5-8(24)20-16-18-2-3-42-16)7(4-34-39(28,29)37-40(30,31)36-38(25,26)27)35-14(11)23-6-19-9-12(23)21-15(17)22-13(9)41/h2-3,6-7,10-11,14H,4-5H2,1H3,(H,28,29)(H,30,31)(H,18,20,24)(H2,25,26,27)(H3,17,21,22,41). The molecule has 0 aliphatic carbocycles. The summed E-state index contributed by atoms with van der Waals surface area (Å²) in [5.74, 6) is -0.664. The molecule has 0 radical (unpaired) electrons. The van der Waals surface area contributed by atoms with Gasteiger partial charge in [0.15, 0.2) is 21.9 Å². The molecule has 232 valence electrons. The van der Waals surface area contributed by atoms with E-state index in [9.17, 15) is 28.3 Å². The Balaban J connectivity index is 1.57. The molecule has 4 rings (SSSR count).